The molecule has 0 bridgehead atoms. The fourth-order valence-corrected chi connectivity index (χ4v) is 7.75. The van der Waals surface area contributed by atoms with Crippen molar-refractivity contribution in [1.82, 2.24) is 0 Å². The summed E-state index contributed by atoms with van der Waals surface area (Å²) in [7, 11) is 0. The van der Waals surface area contributed by atoms with Crippen LogP contribution >= 0.6 is 0 Å². The summed E-state index contributed by atoms with van der Waals surface area (Å²) >= 11 is -2.00. The molecule has 2 rings (SSSR count). The largest absolute Gasteiger partial charge is 1.00 e. The third-order valence-electron chi connectivity index (χ3n) is 2.53. The minimum absolute atomic E-state index is 0. The van der Waals surface area contributed by atoms with E-state index in [0.29, 0.717) is 0 Å². The Morgan fingerprint density at radius 1 is 1.00 bits per heavy atom. The van der Waals surface area contributed by atoms with Crippen molar-refractivity contribution in [3.8, 4) is 0 Å². The van der Waals surface area contributed by atoms with Crippen LogP contribution in [0.25, 0.3) is 0 Å². The van der Waals surface area contributed by atoms with Crippen LogP contribution < -0.4 is 12.4 Å². The van der Waals surface area contributed by atoms with Gasteiger partial charge in [0.2, 0.25) is 0 Å². The van der Waals surface area contributed by atoms with E-state index in [-0.39, 0.29) is 18.0 Å². The number of allylic oxidation sites excluding steroid dienone is 8. The van der Waals surface area contributed by atoms with E-state index in [1.807, 2.05) is 0 Å². The van der Waals surface area contributed by atoms with Gasteiger partial charge in [0.15, 0.2) is 0 Å². The summed E-state index contributed by atoms with van der Waals surface area (Å²) in [6.07, 6.45) is 15.6. The van der Waals surface area contributed by atoms with Gasteiger partial charge in [-0.1, -0.05) is 0 Å². The van der Waals surface area contributed by atoms with Gasteiger partial charge in [0.25, 0.3) is 0 Å². The molecule has 2 aliphatic carbocycles. The van der Waals surface area contributed by atoms with Gasteiger partial charge >= 0.3 is 107 Å². The Morgan fingerprint density at radius 2 is 1.47 bits per heavy atom. The number of hydrogen-bond donors (Lipinski definition) is 0. The Bertz CT molecular complexity index is 356. The first-order chi connectivity index (χ1) is 7.56. The molecule has 92 valence electrons. The van der Waals surface area contributed by atoms with Gasteiger partial charge in [0, 0.05) is 0 Å². The molecule has 0 spiro atoms. The molecule has 0 radical (unpaired) electrons. The third-order valence-corrected chi connectivity index (χ3v) is 9.23. The van der Waals surface area contributed by atoms with Crippen LogP contribution in [0.1, 0.15) is 33.6 Å². The summed E-state index contributed by atoms with van der Waals surface area (Å²) in [5.41, 5.74) is -0.0123. The minimum Gasteiger partial charge on any atom is -1.00 e. The first-order valence-corrected chi connectivity index (χ1v) is 9.30. The molecule has 0 saturated carbocycles. The molecule has 0 heterocycles. The second-order valence-electron chi connectivity index (χ2n) is 5.19. The molecule has 0 aromatic rings. The molecule has 0 saturated heterocycles. The summed E-state index contributed by atoms with van der Waals surface area (Å²) in [5, 5.41) is 0. The van der Waals surface area contributed by atoms with Gasteiger partial charge in [-0.2, -0.15) is 0 Å². The van der Waals surface area contributed by atoms with Crippen molar-refractivity contribution in [2.75, 3.05) is 0 Å². The zero-order chi connectivity index (χ0) is 11.6. The number of hydrogen-bond acceptors (Lipinski definition) is 1. The van der Waals surface area contributed by atoms with Crippen molar-refractivity contribution in [1.29, 1.82) is 0 Å². The number of halogens is 1. The van der Waals surface area contributed by atoms with Crippen LogP contribution in [0.2, 0.25) is 0 Å². The molecule has 0 N–H and O–H groups in total. The predicted molar refractivity (Wildman–Crippen MR) is 64.5 cm³/mol. The van der Waals surface area contributed by atoms with Crippen LogP contribution in [0.3, 0.4) is 0 Å². The molecule has 0 aromatic heterocycles. The SMILES string of the molecule is CC(C)(C)[O][Zr+]([C]1=CC=CC1)[C]1=CC=CC1.[Cl-]. The van der Waals surface area contributed by atoms with Gasteiger partial charge < -0.3 is 12.4 Å². The first kappa shape index (κ1) is 15.2. The molecule has 2 aliphatic rings. The van der Waals surface area contributed by atoms with Gasteiger partial charge in [-0.25, -0.2) is 0 Å². The van der Waals surface area contributed by atoms with E-state index >= 15 is 0 Å². The van der Waals surface area contributed by atoms with Crippen molar-refractivity contribution in [2.24, 2.45) is 0 Å². The molecule has 0 aliphatic heterocycles. The van der Waals surface area contributed by atoms with Crippen LogP contribution in [0.4, 0.5) is 0 Å². The average molecular weight is 330 g/mol. The minimum atomic E-state index is -2.00. The summed E-state index contributed by atoms with van der Waals surface area (Å²) in [4.78, 5) is 0. The van der Waals surface area contributed by atoms with Gasteiger partial charge in [0.1, 0.15) is 0 Å². The number of rotatable bonds is 3. The predicted octanol–water partition coefficient (Wildman–Crippen LogP) is 1.03. The fraction of sp³-hybridized carbons (Fsp3) is 0.429. The Balaban J connectivity index is 0.00000144. The second-order valence-corrected chi connectivity index (χ2v) is 10.5. The molecule has 0 fully saturated rings. The van der Waals surface area contributed by atoms with Crippen LogP contribution in [0, 0.1) is 0 Å². The van der Waals surface area contributed by atoms with Gasteiger partial charge in [-0.05, 0) is 0 Å². The maximum atomic E-state index is 6.39. The summed E-state index contributed by atoms with van der Waals surface area (Å²) < 4.78 is 9.54. The fourth-order valence-electron chi connectivity index (χ4n) is 1.87. The van der Waals surface area contributed by atoms with Gasteiger partial charge in [-0.15, -0.1) is 0 Å². The molecule has 17 heavy (non-hydrogen) atoms. The maximum Gasteiger partial charge on any atom is -1.00 e. The monoisotopic (exact) mass is 328 g/mol. The maximum absolute atomic E-state index is 6.39. The zero-order valence-electron chi connectivity index (χ0n) is 10.7. The van der Waals surface area contributed by atoms with Gasteiger partial charge in [0.05, 0.1) is 0 Å². The summed E-state index contributed by atoms with van der Waals surface area (Å²) in [6, 6.07) is 0. The Morgan fingerprint density at radius 3 is 1.76 bits per heavy atom. The van der Waals surface area contributed by atoms with E-state index in [0.717, 1.165) is 12.8 Å². The van der Waals surface area contributed by atoms with Crippen molar-refractivity contribution < 1.29 is 37.4 Å². The normalized spacial score (nSPS) is 17.8. The average Bonchev–Trinajstić information content (AvgIpc) is 2.86. The Kier molecular flexibility index (Phi) is 5.63. The van der Waals surface area contributed by atoms with E-state index < -0.39 is 22.2 Å². The summed E-state index contributed by atoms with van der Waals surface area (Å²) in [5.74, 6) is 0. The van der Waals surface area contributed by atoms with E-state index in [1.54, 1.807) is 6.56 Å². The standard InChI is InChI=1S/2C5H5.C4H9O.ClH.Zr/c2*1-2-4-5-3-1;1-4(2,3)5;;/h2*1-3H,4H2;1-3H3;1H;/q;;-1;;+2/p-1. The molecular formula is C14H19ClOZr. The van der Waals surface area contributed by atoms with Crippen LogP contribution in [0.5, 0.6) is 0 Å². The molecule has 0 amide bonds. The second kappa shape index (κ2) is 6.32. The summed E-state index contributed by atoms with van der Waals surface area (Å²) in [6.45, 7) is 6.50. The van der Waals surface area contributed by atoms with E-state index in [1.165, 1.54) is 0 Å². The quantitative estimate of drug-likeness (QED) is 0.751. The Labute approximate surface area is 119 Å². The van der Waals surface area contributed by atoms with Crippen molar-refractivity contribution >= 4 is 0 Å². The van der Waals surface area contributed by atoms with Crippen LogP contribution in [0.15, 0.2) is 43.0 Å². The van der Waals surface area contributed by atoms with Crippen molar-refractivity contribution in [3.05, 3.63) is 43.0 Å². The molecular weight excluding hydrogens is 311 g/mol. The van der Waals surface area contributed by atoms with E-state index in [9.17, 15) is 0 Å². The smallest absolute Gasteiger partial charge is 1.00 e. The van der Waals surface area contributed by atoms with E-state index in [2.05, 4.69) is 57.2 Å². The van der Waals surface area contributed by atoms with Crippen molar-refractivity contribution in [3.63, 3.8) is 0 Å². The molecule has 1 nitrogen and oxygen atoms in total. The van der Waals surface area contributed by atoms with Crippen molar-refractivity contribution in [2.45, 2.75) is 39.2 Å². The molecule has 3 heteroatoms. The van der Waals surface area contributed by atoms with Gasteiger partial charge in [-0.3, -0.25) is 0 Å². The van der Waals surface area contributed by atoms with E-state index in [4.69, 9.17) is 2.81 Å². The first-order valence-electron chi connectivity index (χ1n) is 5.84. The molecule has 0 aromatic carbocycles. The molecule has 0 unspecified atom stereocenters. The molecule has 0 atom stereocenters. The van der Waals surface area contributed by atoms with Crippen LogP contribution in [-0.4, -0.2) is 5.60 Å². The topological polar surface area (TPSA) is 9.23 Å². The zero-order valence-corrected chi connectivity index (χ0v) is 13.9. The Hall–Kier alpha value is 0.0931. The third kappa shape index (κ3) is 4.35. The van der Waals surface area contributed by atoms with Crippen LogP contribution in [-0.2, 0) is 25.0 Å².